The molecular weight excluding hydrogens is 289 g/mol. The van der Waals surface area contributed by atoms with Gasteiger partial charge in [0.1, 0.15) is 9.23 Å². The molecule has 1 N–H and O–H groups in total. The number of hydrogen-bond acceptors (Lipinski definition) is 3. The molecule has 0 spiro atoms. The van der Waals surface area contributed by atoms with E-state index in [2.05, 4.69) is 4.72 Å². The molecule has 0 aromatic carbocycles. The minimum atomic E-state index is -3.54. The predicted octanol–water partition coefficient (Wildman–Crippen LogP) is 3.30. The van der Waals surface area contributed by atoms with Crippen LogP contribution in [0.1, 0.15) is 13.3 Å². The van der Waals surface area contributed by atoms with Gasteiger partial charge in [-0.25, -0.2) is 13.1 Å². The van der Waals surface area contributed by atoms with Crippen LogP contribution >= 0.6 is 34.5 Å². The summed E-state index contributed by atoms with van der Waals surface area (Å²) in [4.78, 5) is 0.0460. The van der Waals surface area contributed by atoms with Gasteiger partial charge in [0.15, 0.2) is 0 Å². The highest BCUT2D eigenvalue weighted by Gasteiger charge is 2.19. The Hall–Kier alpha value is -0.0700. The largest absolute Gasteiger partial charge is 0.242 e. The first kappa shape index (κ1) is 14.0. The van der Waals surface area contributed by atoms with Gasteiger partial charge in [-0.05, 0) is 19.4 Å². The van der Waals surface area contributed by atoms with E-state index in [1.165, 1.54) is 6.07 Å². The van der Waals surface area contributed by atoms with Crippen LogP contribution in [0.5, 0.6) is 0 Å². The van der Waals surface area contributed by atoms with Gasteiger partial charge < -0.3 is 0 Å². The molecule has 0 radical (unpaired) electrons. The lowest BCUT2D eigenvalue weighted by molar-refractivity contribution is 0.582. The lowest BCUT2D eigenvalue weighted by atomic mass is 10.4. The molecular formula is C9H11Cl2NO2S2. The summed E-state index contributed by atoms with van der Waals surface area (Å²) >= 11 is 12.5. The van der Waals surface area contributed by atoms with Crippen LogP contribution in [0.2, 0.25) is 8.67 Å². The van der Waals surface area contributed by atoms with E-state index in [4.69, 9.17) is 23.2 Å². The number of hydrogen-bond donors (Lipinski definition) is 1. The molecule has 90 valence electrons. The number of nitrogens with one attached hydrogen (secondary N) is 1. The molecule has 0 aliphatic carbocycles. The molecule has 0 fully saturated rings. The lowest BCUT2D eigenvalue weighted by Crippen LogP contribution is -2.24. The zero-order valence-electron chi connectivity index (χ0n) is 8.54. The van der Waals surface area contributed by atoms with E-state index in [9.17, 15) is 8.42 Å². The summed E-state index contributed by atoms with van der Waals surface area (Å²) in [5.41, 5.74) is 0. The van der Waals surface area contributed by atoms with Crippen LogP contribution < -0.4 is 4.72 Å². The zero-order chi connectivity index (χ0) is 12.2. The number of sulfonamides is 1. The van der Waals surface area contributed by atoms with E-state index in [0.29, 0.717) is 17.3 Å². The predicted molar refractivity (Wildman–Crippen MR) is 69.0 cm³/mol. The molecule has 1 rings (SSSR count). The Kier molecular flexibility index (Phi) is 5.27. The van der Waals surface area contributed by atoms with Crippen LogP contribution in [0.4, 0.5) is 0 Å². The fourth-order valence-electron chi connectivity index (χ4n) is 1.03. The summed E-state index contributed by atoms with van der Waals surface area (Å²) in [7, 11) is -3.54. The van der Waals surface area contributed by atoms with Crippen molar-refractivity contribution in [2.24, 2.45) is 0 Å². The number of halogens is 2. The van der Waals surface area contributed by atoms with Gasteiger partial charge in [-0.3, -0.25) is 0 Å². The first-order valence-electron chi connectivity index (χ1n) is 4.53. The van der Waals surface area contributed by atoms with Gasteiger partial charge in [-0.15, -0.1) is 11.3 Å². The molecule has 1 aromatic rings. The minimum absolute atomic E-state index is 0.0460. The molecule has 1 aromatic heterocycles. The Bertz CT molecular complexity index is 480. The van der Waals surface area contributed by atoms with E-state index in [0.717, 1.165) is 11.3 Å². The van der Waals surface area contributed by atoms with Gasteiger partial charge >= 0.3 is 0 Å². The fraction of sp³-hybridized carbons (Fsp3) is 0.333. The molecule has 16 heavy (non-hydrogen) atoms. The van der Waals surface area contributed by atoms with Crippen LogP contribution in [-0.2, 0) is 10.0 Å². The molecule has 3 nitrogen and oxygen atoms in total. The summed E-state index contributed by atoms with van der Waals surface area (Å²) < 4.78 is 26.5. The highest BCUT2D eigenvalue weighted by atomic mass is 35.5. The number of rotatable bonds is 5. The Morgan fingerprint density at radius 3 is 2.69 bits per heavy atom. The lowest BCUT2D eigenvalue weighted by Gasteiger charge is -2.03. The van der Waals surface area contributed by atoms with Gasteiger partial charge in [0.05, 0.1) is 4.34 Å². The third-order valence-corrected chi connectivity index (χ3v) is 4.97. The summed E-state index contributed by atoms with van der Waals surface area (Å²) in [6.45, 7) is 2.22. The summed E-state index contributed by atoms with van der Waals surface area (Å²) in [6.07, 6.45) is 4.39. The van der Waals surface area contributed by atoms with E-state index >= 15 is 0 Å². The summed E-state index contributed by atoms with van der Waals surface area (Å²) in [6, 6.07) is 1.35. The third kappa shape index (κ3) is 3.75. The van der Waals surface area contributed by atoms with Crippen molar-refractivity contribution in [3.63, 3.8) is 0 Å². The smallest absolute Gasteiger partial charge is 0.211 e. The van der Waals surface area contributed by atoms with Crippen molar-refractivity contribution in [2.45, 2.75) is 18.2 Å². The molecule has 0 unspecified atom stereocenters. The molecule has 0 saturated heterocycles. The minimum Gasteiger partial charge on any atom is -0.211 e. The molecule has 0 aliphatic heterocycles. The third-order valence-electron chi connectivity index (χ3n) is 1.75. The normalized spacial score (nSPS) is 12.4. The first-order valence-corrected chi connectivity index (χ1v) is 7.58. The van der Waals surface area contributed by atoms with Gasteiger partial charge in [0.25, 0.3) is 0 Å². The SMILES string of the molecule is C/C=C/CCNS(=O)(=O)c1cc(Cl)sc1Cl. The van der Waals surface area contributed by atoms with Crippen molar-refractivity contribution >= 4 is 44.6 Å². The maximum absolute atomic E-state index is 11.8. The van der Waals surface area contributed by atoms with Gasteiger partial charge in [0.2, 0.25) is 10.0 Å². The topological polar surface area (TPSA) is 46.2 Å². The monoisotopic (exact) mass is 299 g/mol. The van der Waals surface area contributed by atoms with Crippen LogP contribution in [0.3, 0.4) is 0 Å². The second-order valence-electron chi connectivity index (χ2n) is 2.94. The molecule has 0 aliphatic rings. The fourth-order valence-corrected chi connectivity index (χ4v) is 4.22. The van der Waals surface area contributed by atoms with Crippen LogP contribution in [0, 0.1) is 0 Å². The highest BCUT2D eigenvalue weighted by Crippen LogP contribution is 2.33. The van der Waals surface area contributed by atoms with Crippen molar-refractivity contribution in [1.29, 1.82) is 0 Å². The van der Waals surface area contributed by atoms with Crippen LogP contribution in [-0.4, -0.2) is 15.0 Å². The standard InChI is InChI=1S/C9H11Cl2NO2S2/c1-2-3-4-5-12-16(13,14)7-6-8(10)15-9(7)11/h2-3,6,12H,4-5H2,1H3/b3-2+. The second kappa shape index (κ2) is 6.02. The van der Waals surface area contributed by atoms with Crippen molar-refractivity contribution in [3.8, 4) is 0 Å². The average molecular weight is 300 g/mol. The van der Waals surface area contributed by atoms with Crippen molar-refractivity contribution in [2.75, 3.05) is 6.54 Å². The molecule has 1 heterocycles. The Morgan fingerprint density at radius 2 is 2.19 bits per heavy atom. The van der Waals surface area contributed by atoms with E-state index in [1.807, 2.05) is 19.1 Å². The number of allylic oxidation sites excluding steroid dienone is 1. The molecule has 0 bridgehead atoms. The Balaban J connectivity index is 2.74. The van der Waals surface area contributed by atoms with E-state index < -0.39 is 10.0 Å². The molecule has 0 amide bonds. The molecule has 7 heteroatoms. The molecule has 0 saturated carbocycles. The van der Waals surface area contributed by atoms with E-state index in [-0.39, 0.29) is 9.23 Å². The maximum atomic E-state index is 11.8. The van der Waals surface area contributed by atoms with Crippen LogP contribution in [0.15, 0.2) is 23.1 Å². The maximum Gasteiger partial charge on any atom is 0.242 e. The Labute approximate surface area is 109 Å². The van der Waals surface area contributed by atoms with Gasteiger partial charge in [-0.2, -0.15) is 0 Å². The van der Waals surface area contributed by atoms with Gasteiger partial charge in [0, 0.05) is 6.54 Å². The second-order valence-corrected chi connectivity index (χ2v) is 6.96. The summed E-state index contributed by atoms with van der Waals surface area (Å²) in [5.74, 6) is 0. The highest BCUT2D eigenvalue weighted by molar-refractivity contribution is 7.89. The number of thiophene rings is 1. The van der Waals surface area contributed by atoms with E-state index in [1.54, 1.807) is 0 Å². The van der Waals surface area contributed by atoms with Crippen molar-refractivity contribution in [3.05, 3.63) is 26.9 Å². The first-order chi connectivity index (χ1) is 7.47. The Morgan fingerprint density at radius 1 is 1.50 bits per heavy atom. The summed E-state index contributed by atoms with van der Waals surface area (Å²) in [5, 5.41) is 0. The molecule has 0 atom stereocenters. The van der Waals surface area contributed by atoms with Gasteiger partial charge in [-0.1, -0.05) is 35.4 Å². The quantitative estimate of drug-likeness (QED) is 0.670. The van der Waals surface area contributed by atoms with Crippen molar-refractivity contribution in [1.82, 2.24) is 4.72 Å². The van der Waals surface area contributed by atoms with Crippen molar-refractivity contribution < 1.29 is 8.42 Å². The average Bonchev–Trinajstić information content (AvgIpc) is 2.53. The zero-order valence-corrected chi connectivity index (χ0v) is 11.7. The van der Waals surface area contributed by atoms with Crippen LogP contribution in [0.25, 0.3) is 0 Å².